The van der Waals surface area contributed by atoms with Crippen molar-refractivity contribution < 1.29 is 47.8 Å². The molecular weight excluding hydrogens is 743 g/mol. The number of hydrogen-bond acceptors (Lipinski definition) is 9. The van der Waals surface area contributed by atoms with Gasteiger partial charge in [0.2, 0.25) is 0 Å². The van der Waals surface area contributed by atoms with Crippen LogP contribution < -0.4 is 0 Å². The third-order valence-electron chi connectivity index (χ3n) is 8.02. The number of aliphatic hydroxyl groups is 2. The topological polar surface area (TPSA) is 149 Å². The Kier molecular flexibility index (Phi) is 38.4. The Morgan fingerprint density at radius 2 is 1.00 bits per heavy atom. The van der Waals surface area contributed by atoms with Gasteiger partial charge in [0.15, 0.2) is 6.10 Å². The van der Waals surface area contributed by atoms with E-state index in [4.69, 9.17) is 19.1 Å². The Hall–Kier alpha value is -3.37. The average Bonchev–Trinajstić information content (AvgIpc) is 3.20. The van der Waals surface area contributed by atoms with Gasteiger partial charge in [-0.05, 0) is 77.0 Å². The number of rotatable bonds is 37. The maximum atomic E-state index is 12.6. The highest BCUT2D eigenvalue weighted by Crippen LogP contribution is 2.43. The van der Waals surface area contributed by atoms with Gasteiger partial charge < -0.3 is 24.6 Å². The van der Waals surface area contributed by atoms with Crippen molar-refractivity contribution >= 4 is 19.8 Å². The molecule has 3 atom stereocenters. The van der Waals surface area contributed by atoms with Crippen LogP contribution in [0.4, 0.5) is 0 Å². The van der Waals surface area contributed by atoms with Gasteiger partial charge in [0.1, 0.15) is 12.7 Å². The zero-order valence-corrected chi connectivity index (χ0v) is 35.6. The summed E-state index contributed by atoms with van der Waals surface area (Å²) in [6, 6.07) is 0. The van der Waals surface area contributed by atoms with E-state index in [2.05, 4.69) is 91.3 Å². The fourth-order valence-corrected chi connectivity index (χ4v) is 5.64. The lowest BCUT2D eigenvalue weighted by molar-refractivity contribution is -0.161. The van der Waals surface area contributed by atoms with E-state index in [0.717, 1.165) is 89.9 Å². The number of allylic oxidation sites excluding steroid dienone is 18. The summed E-state index contributed by atoms with van der Waals surface area (Å²) in [6.07, 6.45) is 50.5. The molecular formula is C46H73O10P. The van der Waals surface area contributed by atoms with Crippen LogP contribution in [0.3, 0.4) is 0 Å². The number of esters is 2. The summed E-state index contributed by atoms with van der Waals surface area (Å²) in [6.45, 7) is 2.02. The molecule has 0 aromatic heterocycles. The maximum absolute atomic E-state index is 12.6. The quantitative estimate of drug-likeness (QED) is 0.0182. The summed E-state index contributed by atoms with van der Waals surface area (Å²) in [7, 11) is -4.64. The molecule has 0 amide bonds. The van der Waals surface area contributed by atoms with Crippen LogP contribution in [-0.2, 0) is 32.7 Å². The number of phosphoric acid groups is 1. The highest BCUT2D eigenvalue weighted by atomic mass is 31.2. The smallest absolute Gasteiger partial charge is 0.462 e. The third kappa shape index (κ3) is 40.6. The standard InChI is InChI=1S/C46H73O10P/c1-3-5-7-9-11-13-15-17-19-20-21-22-24-26-28-30-32-34-36-38-46(50)56-44(42-55-57(51,52)54-40-43(48)39-47)41-53-45(49)37-35-33-31-29-27-25-23-18-16-14-12-10-8-6-4-2/h5-8,10-14,16-19,21-23,26,28,43-44,47-48H,3-4,9,15,20,24-25,27,29-42H2,1-2H3,(H,51,52)/b7-5+,8-6+,12-10+,13-11+,16-14+,19-17+,22-21+,23-18+,28-26+/t43-,44+/m0/s1. The fraction of sp³-hybridized carbons (Fsp3) is 0.565. The fourth-order valence-electron chi connectivity index (χ4n) is 4.85. The number of aliphatic hydroxyl groups excluding tert-OH is 2. The number of carbonyl (C=O) groups excluding carboxylic acids is 2. The number of unbranched alkanes of at least 4 members (excludes halogenated alkanes) is 8. The van der Waals surface area contributed by atoms with E-state index >= 15 is 0 Å². The van der Waals surface area contributed by atoms with Crippen LogP contribution in [0.1, 0.15) is 129 Å². The van der Waals surface area contributed by atoms with E-state index in [1.807, 2.05) is 36.5 Å². The van der Waals surface area contributed by atoms with Gasteiger partial charge in [-0.1, -0.05) is 149 Å². The van der Waals surface area contributed by atoms with E-state index in [-0.39, 0.29) is 19.4 Å². The highest BCUT2D eigenvalue weighted by Gasteiger charge is 2.27. The van der Waals surface area contributed by atoms with Crippen molar-refractivity contribution in [3.8, 4) is 0 Å². The molecule has 0 spiro atoms. The molecule has 322 valence electrons. The first-order chi connectivity index (χ1) is 27.7. The summed E-state index contributed by atoms with van der Waals surface area (Å²) >= 11 is 0. The SMILES string of the molecule is CC/C=C/C=C/C=C/C=C/CCCCCCCC(=O)OC[C@H](COP(=O)(O)OC[C@@H](O)CO)OC(=O)CCCCC/C=C/C/C=C/C/C=C/C/C=C/C/C=C/CC. The minimum absolute atomic E-state index is 0.132. The average molecular weight is 817 g/mol. The predicted molar refractivity (Wildman–Crippen MR) is 232 cm³/mol. The molecule has 57 heavy (non-hydrogen) atoms. The molecule has 0 aliphatic rings. The highest BCUT2D eigenvalue weighted by molar-refractivity contribution is 7.47. The Balaban J connectivity index is 4.45. The minimum atomic E-state index is -4.64. The van der Waals surface area contributed by atoms with E-state index in [9.17, 15) is 24.2 Å². The van der Waals surface area contributed by atoms with Gasteiger partial charge >= 0.3 is 19.8 Å². The number of phosphoric ester groups is 1. The molecule has 11 heteroatoms. The van der Waals surface area contributed by atoms with Crippen LogP contribution in [0.5, 0.6) is 0 Å². The molecule has 0 aromatic rings. The number of carbonyl (C=O) groups is 2. The zero-order chi connectivity index (χ0) is 41.9. The largest absolute Gasteiger partial charge is 0.472 e. The van der Waals surface area contributed by atoms with Gasteiger partial charge in [-0.15, -0.1) is 0 Å². The normalized spacial score (nSPS) is 15.0. The first-order valence-corrected chi connectivity index (χ1v) is 22.4. The molecule has 0 aromatic carbocycles. The van der Waals surface area contributed by atoms with Crippen molar-refractivity contribution in [2.75, 3.05) is 26.4 Å². The van der Waals surface area contributed by atoms with Crippen LogP contribution in [0.25, 0.3) is 0 Å². The van der Waals surface area contributed by atoms with Crippen molar-refractivity contribution in [1.82, 2.24) is 0 Å². The predicted octanol–water partition coefficient (Wildman–Crippen LogP) is 11.0. The van der Waals surface area contributed by atoms with Crippen LogP contribution in [-0.4, -0.2) is 65.7 Å². The second-order valence-electron chi connectivity index (χ2n) is 13.3. The van der Waals surface area contributed by atoms with Gasteiger partial charge in [0, 0.05) is 12.8 Å². The Labute approximate surface area is 344 Å². The monoisotopic (exact) mass is 816 g/mol. The summed E-state index contributed by atoms with van der Waals surface area (Å²) in [4.78, 5) is 35.0. The lowest BCUT2D eigenvalue weighted by Crippen LogP contribution is -2.29. The van der Waals surface area contributed by atoms with Crippen LogP contribution in [0.2, 0.25) is 0 Å². The van der Waals surface area contributed by atoms with Crippen LogP contribution >= 0.6 is 7.82 Å². The molecule has 10 nitrogen and oxygen atoms in total. The Morgan fingerprint density at radius 3 is 1.60 bits per heavy atom. The zero-order valence-electron chi connectivity index (χ0n) is 34.7. The minimum Gasteiger partial charge on any atom is -0.462 e. The first-order valence-electron chi connectivity index (χ1n) is 20.9. The lowest BCUT2D eigenvalue weighted by atomic mass is 10.1. The summed E-state index contributed by atoms with van der Waals surface area (Å²) < 4.78 is 32.6. The molecule has 0 aliphatic heterocycles. The van der Waals surface area contributed by atoms with Crippen molar-refractivity contribution in [3.05, 3.63) is 109 Å². The molecule has 0 saturated heterocycles. The summed E-state index contributed by atoms with van der Waals surface area (Å²) in [5, 5.41) is 18.3. The van der Waals surface area contributed by atoms with Crippen molar-refractivity contribution in [1.29, 1.82) is 0 Å². The van der Waals surface area contributed by atoms with Crippen LogP contribution in [0, 0.1) is 0 Å². The van der Waals surface area contributed by atoms with Crippen molar-refractivity contribution in [3.63, 3.8) is 0 Å². The molecule has 0 aliphatic carbocycles. The lowest BCUT2D eigenvalue weighted by Gasteiger charge is -2.20. The summed E-state index contributed by atoms with van der Waals surface area (Å²) in [5.41, 5.74) is 0. The van der Waals surface area contributed by atoms with Crippen LogP contribution in [0.15, 0.2) is 109 Å². The van der Waals surface area contributed by atoms with Gasteiger partial charge in [-0.2, -0.15) is 0 Å². The first kappa shape index (κ1) is 53.6. The molecule has 0 fully saturated rings. The van der Waals surface area contributed by atoms with Crippen molar-refractivity contribution in [2.45, 2.75) is 142 Å². The Bertz CT molecular complexity index is 1310. The second kappa shape index (κ2) is 40.8. The molecule has 0 rings (SSSR count). The second-order valence-corrected chi connectivity index (χ2v) is 14.8. The molecule has 0 saturated carbocycles. The van der Waals surface area contributed by atoms with Gasteiger partial charge in [-0.25, -0.2) is 4.57 Å². The molecule has 0 bridgehead atoms. The van der Waals surface area contributed by atoms with E-state index < -0.39 is 51.8 Å². The van der Waals surface area contributed by atoms with Gasteiger partial charge in [0.05, 0.1) is 19.8 Å². The molecule has 0 heterocycles. The Morgan fingerprint density at radius 1 is 0.544 bits per heavy atom. The molecule has 1 unspecified atom stereocenters. The van der Waals surface area contributed by atoms with Gasteiger partial charge in [-0.3, -0.25) is 18.6 Å². The molecule has 3 N–H and O–H groups in total. The maximum Gasteiger partial charge on any atom is 0.472 e. The number of ether oxygens (including phenoxy) is 2. The van der Waals surface area contributed by atoms with E-state index in [1.54, 1.807) is 0 Å². The van der Waals surface area contributed by atoms with E-state index in [0.29, 0.717) is 12.8 Å². The molecule has 0 radical (unpaired) electrons. The van der Waals surface area contributed by atoms with Gasteiger partial charge in [0.25, 0.3) is 0 Å². The van der Waals surface area contributed by atoms with Crippen molar-refractivity contribution in [2.24, 2.45) is 0 Å². The summed E-state index contributed by atoms with van der Waals surface area (Å²) in [5.74, 6) is -1.00. The third-order valence-corrected chi connectivity index (χ3v) is 8.97. The van der Waals surface area contributed by atoms with E-state index in [1.165, 1.54) is 0 Å². The number of hydrogen-bond donors (Lipinski definition) is 3.